The van der Waals surface area contributed by atoms with Crippen LogP contribution in [0, 0.1) is 6.92 Å². The summed E-state index contributed by atoms with van der Waals surface area (Å²) in [6, 6.07) is 8.98. The van der Waals surface area contributed by atoms with Gasteiger partial charge in [-0.25, -0.2) is 0 Å². The first-order valence-electron chi connectivity index (χ1n) is 8.63. The summed E-state index contributed by atoms with van der Waals surface area (Å²) in [7, 11) is 2.17. The SMILES string of the molecule is CCCN(C(=O)CCc1ccc(C)cc1)C1CCN(C)CC1. The van der Waals surface area contributed by atoms with Crippen molar-refractivity contribution in [1.82, 2.24) is 9.80 Å². The number of amides is 1. The molecule has 1 aromatic rings. The van der Waals surface area contributed by atoms with Crippen LogP contribution in [0.5, 0.6) is 0 Å². The van der Waals surface area contributed by atoms with Gasteiger partial charge in [-0.05, 0) is 58.3 Å². The van der Waals surface area contributed by atoms with E-state index >= 15 is 0 Å². The molecule has 1 aromatic carbocycles. The van der Waals surface area contributed by atoms with Gasteiger partial charge in [-0.15, -0.1) is 0 Å². The summed E-state index contributed by atoms with van der Waals surface area (Å²) in [5, 5.41) is 0. The van der Waals surface area contributed by atoms with Crippen molar-refractivity contribution in [3.8, 4) is 0 Å². The van der Waals surface area contributed by atoms with E-state index in [9.17, 15) is 4.79 Å². The molecule has 0 aliphatic carbocycles. The standard InChI is InChI=1S/C19H30N2O/c1-4-13-21(18-11-14-20(3)15-12-18)19(22)10-9-17-7-5-16(2)6-8-17/h5-8,18H,4,9-15H2,1-3H3. The van der Waals surface area contributed by atoms with Gasteiger partial charge in [0.1, 0.15) is 0 Å². The third-order valence-corrected chi connectivity index (χ3v) is 4.66. The van der Waals surface area contributed by atoms with Crippen LogP contribution in [0.2, 0.25) is 0 Å². The maximum absolute atomic E-state index is 12.7. The van der Waals surface area contributed by atoms with Crippen molar-refractivity contribution in [2.75, 3.05) is 26.7 Å². The van der Waals surface area contributed by atoms with Crippen LogP contribution in [0.25, 0.3) is 0 Å². The van der Waals surface area contributed by atoms with E-state index in [2.05, 4.69) is 55.0 Å². The van der Waals surface area contributed by atoms with Gasteiger partial charge in [0.25, 0.3) is 0 Å². The summed E-state index contributed by atoms with van der Waals surface area (Å²) in [5.74, 6) is 0.331. The number of piperidine rings is 1. The second kappa shape index (κ2) is 8.33. The van der Waals surface area contributed by atoms with Crippen molar-refractivity contribution in [2.24, 2.45) is 0 Å². The fourth-order valence-corrected chi connectivity index (χ4v) is 3.21. The number of carbonyl (C=O) groups is 1. The van der Waals surface area contributed by atoms with Gasteiger partial charge in [0, 0.05) is 19.0 Å². The van der Waals surface area contributed by atoms with Gasteiger partial charge < -0.3 is 9.80 Å². The number of carbonyl (C=O) groups excluding carboxylic acids is 1. The van der Waals surface area contributed by atoms with Crippen molar-refractivity contribution < 1.29 is 4.79 Å². The first kappa shape index (κ1) is 17.0. The second-order valence-electron chi connectivity index (χ2n) is 6.61. The zero-order chi connectivity index (χ0) is 15.9. The smallest absolute Gasteiger partial charge is 0.223 e. The van der Waals surface area contributed by atoms with E-state index in [-0.39, 0.29) is 0 Å². The van der Waals surface area contributed by atoms with Crippen LogP contribution < -0.4 is 0 Å². The Hall–Kier alpha value is -1.35. The highest BCUT2D eigenvalue weighted by atomic mass is 16.2. The molecule has 1 aliphatic rings. The Bertz CT molecular complexity index is 461. The average molecular weight is 302 g/mol. The van der Waals surface area contributed by atoms with Crippen LogP contribution in [-0.4, -0.2) is 48.4 Å². The van der Waals surface area contributed by atoms with E-state index in [4.69, 9.17) is 0 Å². The average Bonchev–Trinajstić information content (AvgIpc) is 2.53. The Kier molecular flexibility index (Phi) is 6.44. The Morgan fingerprint density at radius 2 is 1.86 bits per heavy atom. The van der Waals surface area contributed by atoms with E-state index in [1.54, 1.807) is 0 Å². The molecule has 0 aromatic heterocycles. The lowest BCUT2D eigenvalue weighted by atomic mass is 10.0. The maximum atomic E-state index is 12.7. The molecule has 1 aliphatic heterocycles. The van der Waals surface area contributed by atoms with Crippen LogP contribution in [0.3, 0.4) is 0 Å². The van der Waals surface area contributed by atoms with E-state index in [0.29, 0.717) is 18.4 Å². The highest BCUT2D eigenvalue weighted by Gasteiger charge is 2.25. The van der Waals surface area contributed by atoms with Crippen LogP contribution in [0.4, 0.5) is 0 Å². The molecule has 22 heavy (non-hydrogen) atoms. The quantitative estimate of drug-likeness (QED) is 0.805. The Morgan fingerprint density at radius 3 is 2.45 bits per heavy atom. The minimum absolute atomic E-state index is 0.331. The van der Waals surface area contributed by atoms with Gasteiger partial charge in [0.05, 0.1) is 0 Å². The lowest BCUT2D eigenvalue weighted by molar-refractivity contribution is -0.134. The fourth-order valence-electron chi connectivity index (χ4n) is 3.21. The number of hydrogen-bond acceptors (Lipinski definition) is 2. The monoisotopic (exact) mass is 302 g/mol. The van der Waals surface area contributed by atoms with Crippen molar-refractivity contribution in [1.29, 1.82) is 0 Å². The van der Waals surface area contributed by atoms with E-state index in [1.807, 2.05) is 0 Å². The van der Waals surface area contributed by atoms with Crippen molar-refractivity contribution in [3.05, 3.63) is 35.4 Å². The van der Waals surface area contributed by atoms with Gasteiger partial charge in [-0.3, -0.25) is 4.79 Å². The number of benzene rings is 1. The number of rotatable bonds is 6. The second-order valence-corrected chi connectivity index (χ2v) is 6.61. The highest BCUT2D eigenvalue weighted by Crippen LogP contribution is 2.18. The summed E-state index contributed by atoms with van der Waals surface area (Å²) in [6.45, 7) is 7.38. The minimum Gasteiger partial charge on any atom is -0.340 e. The molecule has 0 bridgehead atoms. The summed E-state index contributed by atoms with van der Waals surface area (Å²) in [5.41, 5.74) is 2.53. The molecule has 122 valence electrons. The van der Waals surface area contributed by atoms with Crippen LogP contribution >= 0.6 is 0 Å². The number of aryl methyl sites for hydroxylation is 2. The van der Waals surface area contributed by atoms with Crippen molar-refractivity contribution in [3.63, 3.8) is 0 Å². The molecule has 0 saturated carbocycles. The molecule has 0 N–H and O–H groups in total. The lowest BCUT2D eigenvalue weighted by Gasteiger charge is -2.37. The first-order valence-corrected chi connectivity index (χ1v) is 8.63. The maximum Gasteiger partial charge on any atom is 0.223 e. The molecule has 1 saturated heterocycles. The molecule has 0 unspecified atom stereocenters. The van der Waals surface area contributed by atoms with Gasteiger partial charge in [-0.1, -0.05) is 36.8 Å². The van der Waals surface area contributed by atoms with Crippen LogP contribution in [0.15, 0.2) is 24.3 Å². The predicted octanol–water partition coefficient (Wildman–Crippen LogP) is 3.26. The molecule has 1 heterocycles. The van der Waals surface area contributed by atoms with Crippen LogP contribution in [0.1, 0.15) is 43.7 Å². The fraction of sp³-hybridized carbons (Fsp3) is 0.632. The number of hydrogen-bond donors (Lipinski definition) is 0. The molecule has 0 radical (unpaired) electrons. The van der Waals surface area contributed by atoms with E-state index in [0.717, 1.165) is 45.3 Å². The Morgan fingerprint density at radius 1 is 1.23 bits per heavy atom. The van der Waals surface area contributed by atoms with Gasteiger partial charge in [0.2, 0.25) is 5.91 Å². The third-order valence-electron chi connectivity index (χ3n) is 4.66. The highest BCUT2D eigenvalue weighted by molar-refractivity contribution is 5.76. The Balaban J connectivity index is 1.90. The van der Waals surface area contributed by atoms with E-state index < -0.39 is 0 Å². The zero-order valence-corrected chi connectivity index (χ0v) is 14.3. The summed E-state index contributed by atoms with van der Waals surface area (Å²) in [6.07, 6.45) is 4.77. The van der Waals surface area contributed by atoms with Gasteiger partial charge in [-0.2, -0.15) is 0 Å². The molecule has 3 heteroatoms. The van der Waals surface area contributed by atoms with Crippen LogP contribution in [-0.2, 0) is 11.2 Å². The Labute approximate surface area is 135 Å². The van der Waals surface area contributed by atoms with Gasteiger partial charge in [0.15, 0.2) is 0 Å². The normalized spacial score (nSPS) is 16.7. The summed E-state index contributed by atoms with van der Waals surface area (Å²) >= 11 is 0. The number of likely N-dealkylation sites (tertiary alicyclic amines) is 1. The molecule has 2 rings (SSSR count). The first-order chi connectivity index (χ1) is 10.6. The molecule has 1 fully saturated rings. The van der Waals surface area contributed by atoms with Crippen molar-refractivity contribution in [2.45, 2.75) is 52.0 Å². The third kappa shape index (κ3) is 4.84. The molecule has 0 atom stereocenters. The molecule has 0 spiro atoms. The lowest BCUT2D eigenvalue weighted by Crippen LogP contribution is -2.46. The zero-order valence-electron chi connectivity index (χ0n) is 14.3. The predicted molar refractivity (Wildman–Crippen MR) is 92.0 cm³/mol. The van der Waals surface area contributed by atoms with Crippen molar-refractivity contribution >= 4 is 5.91 Å². The molecular formula is C19H30N2O. The molecule has 3 nitrogen and oxygen atoms in total. The molecular weight excluding hydrogens is 272 g/mol. The minimum atomic E-state index is 0.331. The summed E-state index contributed by atoms with van der Waals surface area (Å²) < 4.78 is 0. The van der Waals surface area contributed by atoms with Gasteiger partial charge >= 0.3 is 0 Å². The topological polar surface area (TPSA) is 23.6 Å². The summed E-state index contributed by atoms with van der Waals surface area (Å²) in [4.78, 5) is 17.2. The number of nitrogens with zero attached hydrogens (tertiary/aromatic N) is 2. The largest absolute Gasteiger partial charge is 0.340 e. The molecule has 1 amide bonds. The van der Waals surface area contributed by atoms with E-state index in [1.165, 1.54) is 11.1 Å².